The molecule has 0 aliphatic heterocycles. The molecule has 1 aliphatic rings. The number of aryl methyl sites for hydroxylation is 1. The smallest absolute Gasteiger partial charge is 0.0248 e. The van der Waals surface area contributed by atoms with Gasteiger partial charge in [-0.2, -0.15) is 0 Å². The summed E-state index contributed by atoms with van der Waals surface area (Å²) in [4.78, 5) is 0. The van der Waals surface area contributed by atoms with Gasteiger partial charge < -0.3 is 0 Å². The monoisotopic (exact) mass is 322 g/mol. The minimum atomic E-state index is 0.442. The molecule has 1 aromatic carbocycles. The van der Waals surface area contributed by atoms with E-state index in [1.807, 2.05) is 0 Å². The lowest BCUT2D eigenvalue weighted by Gasteiger charge is -2.12. The lowest BCUT2D eigenvalue weighted by atomic mass is 9.95. The van der Waals surface area contributed by atoms with Crippen molar-refractivity contribution < 1.29 is 0 Å². The van der Waals surface area contributed by atoms with Gasteiger partial charge in [0.2, 0.25) is 0 Å². The van der Waals surface area contributed by atoms with E-state index in [0.717, 1.165) is 12.0 Å². The average Bonchev–Trinajstić information content (AvgIpc) is 2.26. The molecule has 0 amide bonds. The first kappa shape index (κ1) is 11.7. The first-order valence-electron chi connectivity index (χ1n) is 5.65. The third-order valence-electron chi connectivity index (χ3n) is 2.59. The topological polar surface area (TPSA) is 0 Å². The van der Waals surface area contributed by atoms with Crippen molar-refractivity contribution in [2.45, 2.75) is 26.7 Å². The number of benzene rings is 1. The fraction of sp³-hybridized carbons (Fsp3) is 0.333. The average molecular weight is 322 g/mol. The first-order chi connectivity index (χ1) is 7.65. The number of fused-ring (bicyclic) bond motifs is 1. The second kappa shape index (κ2) is 5.05. The van der Waals surface area contributed by atoms with Gasteiger partial charge in [0.1, 0.15) is 0 Å². The van der Waals surface area contributed by atoms with Crippen LogP contribution >= 0.6 is 22.6 Å². The van der Waals surface area contributed by atoms with Crippen LogP contribution < -0.4 is 0 Å². The molecule has 82 valence electrons. The summed E-state index contributed by atoms with van der Waals surface area (Å²) < 4.78 is 1.45. The maximum Gasteiger partial charge on any atom is 0.0248 e. The molecule has 0 bridgehead atoms. The van der Waals surface area contributed by atoms with Crippen LogP contribution in [0.1, 0.15) is 37.0 Å². The van der Waals surface area contributed by atoms with Crippen LogP contribution in [0.3, 0.4) is 0 Å². The maximum absolute atomic E-state index is 3.23. The quantitative estimate of drug-likeness (QED) is 0.490. The molecule has 0 N–H and O–H groups in total. The van der Waals surface area contributed by atoms with E-state index in [2.05, 4.69) is 72.6 Å². The van der Waals surface area contributed by atoms with Gasteiger partial charge in [0.15, 0.2) is 0 Å². The van der Waals surface area contributed by atoms with Crippen molar-refractivity contribution >= 4 is 28.7 Å². The van der Waals surface area contributed by atoms with E-state index < -0.39 is 0 Å². The predicted octanol–water partition coefficient (Wildman–Crippen LogP) is 4.42. The zero-order valence-corrected chi connectivity index (χ0v) is 11.8. The molecule has 0 saturated heterocycles. The number of allylic oxidation sites excluding steroid dienone is 1. The molecule has 1 aliphatic carbocycles. The number of hydrogen-bond donors (Lipinski definition) is 0. The van der Waals surface area contributed by atoms with Crippen molar-refractivity contribution in [2.24, 2.45) is 5.92 Å². The van der Waals surface area contributed by atoms with Crippen LogP contribution in [0.2, 0.25) is 0 Å². The second-order valence-electron chi connectivity index (χ2n) is 4.43. The highest BCUT2D eigenvalue weighted by Crippen LogP contribution is 2.27. The summed E-state index contributed by atoms with van der Waals surface area (Å²) in [6.45, 7) is 4.24. The van der Waals surface area contributed by atoms with E-state index in [0.29, 0.717) is 5.92 Å². The molecule has 0 atom stereocenters. The lowest BCUT2D eigenvalue weighted by molar-refractivity contribution is 0.866. The summed E-state index contributed by atoms with van der Waals surface area (Å²) in [5.74, 6) is 6.88. The van der Waals surface area contributed by atoms with Crippen LogP contribution in [0.5, 0.6) is 0 Å². The molecule has 0 aromatic heterocycles. The minimum absolute atomic E-state index is 0.442. The largest absolute Gasteiger partial charge is 0.0951 e. The molecule has 0 unspecified atom stereocenters. The highest BCUT2D eigenvalue weighted by Gasteiger charge is 2.08. The standard InChI is InChI=1S/C15H15I/c1-11(2)3-4-12-5-6-14-10-15(16)8-7-13(14)9-12/h5-6,9-11H,7-8H2,1-2H3. The highest BCUT2D eigenvalue weighted by molar-refractivity contribution is 14.1. The van der Waals surface area contributed by atoms with Gasteiger partial charge in [-0.3, -0.25) is 0 Å². The Labute approximate surface area is 111 Å². The molecule has 16 heavy (non-hydrogen) atoms. The van der Waals surface area contributed by atoms with Crippen molar-refractivity contribution in [3.63, 3.8) is 0 Å². The van der Waals surface area contributed by atoms with Gasteiger partial charge in [0.25, 0.3) is 0 Å². The zero-order valence-electron chi connectivity index (χ0n) is 9.68. The van der Waals surface area contributed by atoms with Gasteiger partial charge in [-0.05, 0) is 68.3 Å². The molecule has 1 aromatic rings. The summed E-state index contributed by atoms with van der Waals surface area (Å²) in [5.41, 5.74) is 3.96. The summed E-state index contributed by atoms with van der Waals surface area (Å²) in [7, 11) is 0. The Bertz CT molecular complexity index is 484. The third kappa shape index (κ3) is 2.89. The molecule has 1 heteroatoms. The van der Waals surface area contributed by atoms with Crippen molar-refractivity contribution in [3.8, 4) is 11.8 Å². The van der Waals surface area contributed by atoms with Crippen molar-refractivity contribution in [2.75, 3.05) is 0 Å². The van der Waals surface area contributed by atoms with Crippen molar-refractivity contribution in [1.29, 1.82) is 0 Å². The third-order valence-corrected chi connectivity index (χ3v) is 3.44. The number of hydrogen-bond acceptors (Lipinski definition) is 0. The van der Waals surface area contributed by atoms with E-state index in [1.165, 1.54) is 21.1 Å². The molecular weight excluding hydrogens is 307 g/mol. The van der Waals surface area contributed by atoms with E-state index >= 15 is 0 Å². The summed E-state index contributed by atoms with van der Waals surface area (Å²) in [5, 5.41) is 0. The van der Waals surface area contributed by atoms with Crippen LogP contribution in [0.25, 0.3) is 6.08 Å². The van der Waals surface area contributed by atoms with Crippen LogP contribution in [0.4, 0.5) is 0 Å². The molecule has 0 fully saturated rings. The van der Waals surface area contributed by atoms with Crippen molar-refractivity contribution in [3.05, 3.63) is 38.5 Å². The minimum Gasteiger partial charge on any atom is -0.0951 e. The molecule has 0 saturated carbocycles. The number of rotatable bonds is 0. The fourth-order valence-electron chi connectivity index (χ4n) is 1.76. The molecule has 0 heterocycles. The number of halogens is 1. The molecule has 0 radical (unpaired) electrons. The lowest BCUT2D eigenvalue weighted by Crippen LogP contribution is -1.96. The molecule has 2 rings (SSSR count). The van der Waals surface area contributed by atoms with Crippen LogP contribution in [-0.4, -0.2) is 0 Å². The van der Waals surface area contributed by atoms with E-state index in [1.54, 1.807) is 0 Å². The van der Waals surface area contributed by atoms with Crippen LogP contribution in [0, 0.1) is 17.8 Å². The van der Waals surface area contributed by atoms with E-state index in [4.69, 9.17) is 0 Å². The second-order valence-corrected chi connectivity index (χ2v) is 5.81. The van der Waals surface area contributed by atoms with Crippen molar-refractivity contribution in [1.82, 2.24) is 0 Å². The Balaban J connectivity index is 2.32. The fourth-order valence-corrected chi connectivity index (χ4v) is 2.37. The maximum atomic E-state index is 3.23. The molecule has 0 nitrogen and oxygen atoms in total. The Morgan fingerprint density at radius 3 is 2.81 bits per heavy atom. The summed E-state index contributed by atoms with van der Waals surface area (Å²) in [6.07, 6.45) is 4.61. The van der Waals surface area contributed by atoms with Gasteiger partial charge >= 0.3 is 0 Å². The van der Waals surface area contributed by atoms with Crippen LogP contribution in [0.15, 0.2) is 21.8 Å². The Kier molecular flexibility index (Phi) is 3.70. The summed E-state index contributed by atoms with van der Waals surface area (Å²) >= 11 is 2.42. The molecule has 0 spiro atoms. The SMILES string of the molecule is CC(C)C#Cc1ccc2c(c1)CCC(I)=C2. The van der Waals surface area contributed by atoms with Gasteiger partial charge in [-0.1, -0.05) is 31.8 Å². The van der Waals surface area contributed by atoms with Gasteiger partial charge in [-0.25, -0.2) is 0 Å². The zero-order chi connectivity index (χ0) is 11.5. The Hall–Kier alpha value is -0.750. The predicted molar refractivity (Wildman–Crippen MR) is 78.5 cm³/mol. The highest BCUT2D eigenvalue weighted by atomic mass is 127. The van der Waals surface area contributed by atoms with Crippen LogP contribution in [-0.2, 0) is 6.42 Å². The van der Waals surface area contributed by atoms with Gasteiger partial charge in [-0.15, -0.1) is 0 Å². The van der Waals surface area contributed by atoms with E-state index in [9.17, 15) is 0 Å². The Morgan fingerprint density at radius 1 is 1.25 bits per heavy atom. The summed E-state index contributed by atoms with van der Waals surface area (Å²) in [6, 6.07) is 6.56. The van der Waals surface area contributed by atoms with E-state index in [-0.39, 0.29) is 0 Å². The molecular formula is C15H15I. The first-order valence-corrected chi connectivity index (χ1v) is 6.73. The Morgan fingerprint density at radius 2 is 2.06 bits per heavy atom. The van der Waals surface area contributed by atoms with Gasteiger partial charge in [0.05, 0.1) is 0 Å². The van der Waals surface area contributed by atoms with Gasteiger partial charge in [0, 0.05) is 11.5 Å². The normalized spacial score (nSPS) is 13.9.